The fourth-order valence-corrected chi connectivity index (χ4v) is 3.44. The molecule has 25 heavy (non-hydrogen) atoms. The molecule has 4 nitrogen and oxygen atoms in total. The minimum Gasteiger partial charge on any atom is -0.338 e. The second-order valence-corrected chi connectivity index (χ2v) is 6.90. The van der Waals surface area contributed by atoms with Crippen molar-refractivity contribution in [2.45, 2.75) is 25.7 Å². The second-order valence-electron chi connectivity index (χ2n) is 6.49. The molecule has 3 rings (SSSR count). The predicted molar refractivity (Wildman–Crippen MR) is 95.4 cm³/mol. The molecule has 6 heteroatoms. The number of nitrogens with zero attached hydrogens (tertiary/aromatic N) is 1. The van der Waals surface area contributed by atoms with Gasteiger partial charge in [0, 0.05) is 19.3 Å². The van der Waals surface area contributed by atoms with Gasteiger partial charge in [0.25, 0.3) is 11.5 Å². The number of hydrogen-bond acceptors (Lipinski definition) is 2. The first-order chi connectivity index (χ1) is 12.0. The van der Waals surface area contributed by atoms with Crippen molar-refractivity contribution in [3.05, 3.63) is 68.8 Å². The Morgan fingerprint density at radius 2 is 2.08 bits per heavy atom. The number of hydrogen-bond donors (Lipinski definition) is 1. The first-order valence-corrected chi connectivity index (χ1v) is 8.82. The maximum absolute atomic E-state index is 13.0. The van der Waals surface area contributed by atoms with E-state index in [1.807, 2.05) is 17.0 Å². The third-order valence-electron chi connectivity index (χ3n) is 4.67. The van der Waals surface area contributed by atoms with E-state index in [9.17, 15) is 14.0 Å². The number of amides is 1. The van der Waals surface area contributed by atoms with Crippen molar-refractivity contribution in [1.82, 2.24) is 9.88 Å². The van der Waals surface area contributed by atoms with Crippen LogP contribution in [0.2, 0.25) is 5.02 Å². The molecule has 1 aliphatic heterocycles. The third-order valence-corrected chi connectivity index (χ3v) is 4.95. The SMILES string of the molecule is O=C(c1c[nH]c(=O)c(Cl)c1)N1CCC[C@H](CCc2ccc(F)cc2)C1. The lowest BCUT2D eigenvalue weighted by atomic mass is 9.91. The number of nitrogens with one attached hydrogen (secondary N) is 1. The largest absolute Gasteiger partial charge is 0.338 e. The van der Waals surface area contributed by atoms with Crippen LogP contribution in [0.4, 0.5) is 4.39 Å². The van der Waals surface area contributed by atoms with E-state index >= 15 is 0 Å². The molecule has 0 spiro atoms. The monoisotopic (exact) mass is 362 g/mol. The van der Waals surface area contributed by atoms with Gasteiger partial charge in [-0.05, 0) is 55.4 Å². The van der Waals surface area contributed by atoms with Gasteiger partial charge in [-0.25, -0.2) is 4.39 Å². The number of carbonyl (C=O) groups is 1. The smallest absolute Gasteiger partial charge is 0.266 e. The molecule has 1 N–H and O–H groups in total. The molecule has 1 saturated heterocycles. The van der Waals surface area contributed by atoms with Gasteiger partial charge in [0.1, 0.15) is 10.8 Å². The first kappa shape index (κ1) is 17.7. The highest BCUT2D eigenvalue weighted by Crippen LogP contribution is 2.23. The maximum atomic E-state index is 13.0. The van der Waals surface area contributed by atoms with Crippen molar-refractivity contribution < 1.29 is 9.18 Å². The zero-order valence-electron chi connectivity index (χ0n) is 13.8. The van der Waals surface area contributed by atoms with Gasteiger partial charge in [0.2, 0.25) is 0 Å². The van der Waals surface area contributed by atoms with Crippen molar-refractivity contribution in [3.8, 4) is 0 Å². The summed E-state index contributed by atoms with van der Waals surface area (Å²) in [6.45, 7) is 1.40. The molecule has 132 valence electrons. The van der Waals surface area contributed by atoms with Crippen LogP contribution in [0.15, 0.2) is 41.3 Å². The van der Waals surface area contributed by atoms with Crippen LogP contribution in [0.25, 0.3) is 0 Å². The van der Waals surface area contributed by atoms with Crippen LogP contribution >= 0.6 is 11.6 Å². The summed E-state index contributed by atoms with van der Waals surface area (Å²) in [5, 5.41) is 0.0238. The van der Waals surface area contributed by atoms with Crippen molar-refractivity contribution in [1.29, 1.82) is 0 Å². The van der Waals surface area contributed by atoms with E-state index in [-0.39, 0.29) is 16.7 Å². The number of aromatic nitrogens is 1. The number of likely N-dealkylation sites (tertiary alicyclic amines) is 1. The van der Waals surface area contributed by atoms with Crippen LogP contribution in [0, 0.1) is 11.7 Å². The lowest BCUT2D eigenvalue weighted by Crippen LogP contribution is -2.40. The van der Waals surface area contributed by atoms with Gasteiger partial charge in [0.05, 0.1) is 5.56 Å². The molecule has 1 aromatic heterocycles. The topological polar surface area (TPSA) is 53.2 Å². The number of pyridine rings is 1. The van der Waals surface area contributed by atoms with Gasteiger partial charge in [-0.3, -0.25) is 9.59 Å². The second kappa shape index (κ2) is 7.83. The van der Waals surface area contributed by atoms with Crippen LogP contribution in [0.1, 0.15) is 35.2 Å². The number of benzene rings is 1. The molecule has 1 fully saturated rings. The number of halogens is 2. The Hall–Kier alpha value is -2.14. The van der Waals surface area contributed by atoms with E-state index in [0.29, 0.717) is 24.6 Å². The molecule has 2 heterocycles. The fraction of sp³-hybridized carbons (Fsp3) is 0.368. The Balaban J connectivity index is 1.60. The molecule has 1 amide bonds. The third kappa shape index (κ3) is 4.48. The number of H-pyrrole nitrogens is 1. The van der Waals surface area contributed by atoms with Crippen molar-refractivity contribution >= 4 is 17.5 Å². The lowest BCUT2D eigenvalue weighted by molar-refractivity contribution is 0.0668. The van der Waals surface area contributed by atoms with Crippen molar-refractivity contribution in [2.24, 2.45) is 5.92 Å². The average Bonchev–Trinajstić information content (AvgIpc) is 2.63. The van der Waals surface area contributed by atoms with Crippen LogP contribution in [-0.2, 0) is 6.42 Å². The number of carbonyl (C=O) groups excluding carboxylic acids is 1. The molecule has 2 aromatic rings. The summed E-state index contributed by atoms with van der Waals surface area (Å²) in [4.78, 5) is 28.3. The molecule has 0 bridgehead atoms. The Kier molecular flexibility index (Phi) is 5.53. The van der Waals surface area contributed by atoms with Crippen LogP contribution in [0.5, 0.6) is 0 Å². The molecule has 1 aromatic carbocycles. The molecule has 0 unspecified atom stereocenters. The Bertz CT molecular complexity index is 804. The van der Waals surface area contributed by atoms with E-state index in [0.717, 1.165) is 31.2 Å². The van der Waals surface area contributed by atoms with Crippen LogP contribution in [0.3, 0.4) is 0 Å². The van der Waals surface area contributed by atoms with E-state index in [1.54, 1.807) is 0 Å². The summed E-state index contributed by atoms with van der Waals surface area (Å²) in [7, 11) is 0. The lowest BCUT2D eigenvalue weighted by Gasteiger charge is -2.33. The van der Waals surface area contributed by atoms with E-state index in [2.05, 4.69) is 4.98 Å². The van der Waals surface area contributed by atoms with Gasteiger partial charge >= 0.3 is 0 Å². The van der Waals surface area contributed by atoms with Gasteiger partial charge < -0.3 is 9.88 Å². The van der Waals surface area contributed by atoms with Gasteiger partial charge in [0.15, 0.2) is 0 Å². The number of rotatable bonds is 4. The molecule has 1 aliphatic rings. The summed E-state index contributed by atoms with van der Waals surface area (Å²) < 4.78 is 13.0. The number of aromatic amines is 1. The fourth-order valence-electron chi connectivity index (χ4n) is 3.27. The molecular formula is C19H20ClFN2O2. The molecule has 0 saturated carbocycles. The summed E-state index contributed by atoms with van der Waals surface area (Å²) in [6, 6.07) is 8.00. The standard InChI is InChI=1S/C19H20ClFN2O2/c20-17-10-15(11-22-18(17)24)19(25)23-9-1-2-14(12-23)4-3-13-5-7-16(21)8-6-13/h5-8,10-11,14H,1-4,9,12H2,(H,22,24)/t14-/m1/s1. The highest BCUT2D eigenvalue weighted by Gasteiger charge is 2.24. The zero-order chi connectivity index (χ0) is 17.8. The summed E-state index contributed by atoms with van der Waals surface area (Å²) in [5.41, 5.74) is 1.12. The van der Waals surface area contributed by atoms with E-state index in [1.165, 1.54) is 24.4 Å². The number of aryl methyl sites for hydroxylation is 1. The summed E-state index contributed by atoms with van der Waals surface area (Å²) >= 11 is 5.81. The minimum atomic E-state index is -0.394. The van der Waals surface area contributed by atoms with E-state index < -0.39 is 5.56 Å². The maximum Gasteiger partial charge on any atom is 0.266 e. The quantitative estimate of drug-likeness (QED) is 0.902. The molecule has 0 radical (unpaired) electrons. The highest BCUT2D eigenvalue weighted by atomic mass is 35.5. The molecule has 0 aliphatic carbocycles. The summed E-state index contributed by atoms with van der Waals surface area (Å²) in [6.07, 6.45) is 5.28. The van der Waals surface area contributed by atoms with Crippen LogP contribution < -0.4 is 5.56 Å². The van der Waals surface area contributed by atoms with Crippen LogP contribution in [-0.4, -0.2) is 28.9 Å². The molecular weight excluding hydrogens is 343 g/mol. The number of piperidine rings is 1. The minimum absolute atomic E-state index is 0.0238. The Morgan fingerprint density at radius 1 is 1.32 bits per heavy atom. The first-order valence-electron chi connectivity index (χ1n) is 8.45. The Labute approximate surface area is 150 Å². The van der Waals surface area contributed by atoms with Gasteiger partial charge in [-0.15, -0.1) is 0 Å². The van der Waals surface area contributed by atoms with Gasteiger partial charge in [-0.1, -0.05) is 23.7 Å². The van der Waals surface area contributed by atoms with Crippen molar-refractivity contribution in [3.63, 3.8) is 0 Å². The highest BCUT2D eigenvalue weighted by molar-refractivity contribution is 6.30. The van der Waals surface area contributed by atoms with E-state index in [4.69, 9.17) is 11.6 Å². The Morgan fingerprint density at radius 3 is 2.80 bits per heavy atom. The average molecular weight is 363 g/mol. The predicted octanol–water partition coefficient (Wildman–Crippen LogP) is 3.65. The normalized spacial score (nSPS) is 17.5. The molecule has 1 atom stereocenters. The summed E-state index contributed by atoms with van der Waals surface area (Å²) in [5.74, 6) is 0.0865. The zero-order valence-corrected chi connectivity index (χ0v) is 14.6. The van der Waals surface area contributed by atoms with Gasteiger partial charge in [-0.2, -0.15) is 0 Å². The van der Waals surface area contributed by atoms with Crippen molar-refractivity contribution in [2.75, 3.05) is 13.1 Å².